The second-order valence-electron chi connectivity index (χ2n) is 6.60. The van der Waals surface area contributed by atoms with Crippen LogP contribution in [0, 0.1) is 12.8 Å². The van der Waals surface area contributed by atoms with Crippen LogP contribution in [0.15, 0.2) is 48.5 Å². The Hall–Kier alpha value is -2.37. The van der Waals surface area contributed by atoms with Crippen LogP contribution in [-0.2, 0) is 16.1 Å². The summed E-state index contributed by atoms with van der Waals surface area (Å²) in [6.45, 7) is 7.90. The van der Waals surface area contributed by atoms with E-state index in [0.717, 1.165) is 22.4 Å². The zero-order valence-corrected chi connectivity index (χ0v) is 16.4. The SMILES string of the molecule is CCOCCOc1cc(C)ccc1CNC(=O)C(C)C(N)c1ccccc1. The van der Waals surface area contributed by atoms with E-state index >= 15 is 0 Å². The van der Waals surface area contributed by atoms with Crippen molar-refractivity contribution in [1.82, 2.24) is 5.32 Å². The first kappa shape index (κ1) is 20.9. The van der Waals surface area contributed by atoms with Crippen LogP contribution in [-0.4, -0.2) is 25.7 Å². The smallest absolute Gasteiger partial charge is 0.225 e. The molecule has 1 amide bonds. The van der Waals surface area contributed by atoms with E-state index < -0.39 is 0 Å². The molecule has 0 aliphatic rings. The molecule has 27 heavy (non-hydrogen) atoms. The van der Waals surface area contributed by atoms with Crippen LogP contribution in [0.25, 0.3) is 0 Å². The Kier molecular flexibility index (Phi) is 8.30. The van der Waals surface area contributed by atoms with E-state index in [1.807, 2.05) is 69.3 Å². The molecule has 0 aliphatic carbocycles. The first-order chi connectivity index (χ1) is 13.0. The van der Waals surface area contributed by atoms with Crippen LogP contribution >= 0.6 is 0 Å². The van der Waals surface area contributed by atoms with E-state index in [1.165, 1.54) is 0 Å². The van der Waals surface area contributed by atoms with Gasteiger partial charge in [-0.2, -0.15) is 0 Å². The quantitative estimate of drug-likeness (QED) is 0.629. The van der Waals surface area contributed by atoms with Crippen molar-refractivity contribution in [2.75, 3.05) is 19.8 Å². The van der Waals surface area contributed by atoms with Gasteiger partial charge < -0.3 is 20.5 Å². The Bertz CT molecular complexity index is 719. The standard InChI is InChI=1S/C22H30N2O3/c1-4-26-12-13-27-20-14-16(2)10-11-19(20)15-24-22(25)17(3)21(23)18-8-6-5-7-9-18/h5-11,14,17,21H,4,12-13,15,23H2,1-3H3,(H,24,25). The van der Waals surface area contributed by atoms with Crippen molar-refractivity contribution in [3.05, 3.63) is 65.2 Å². The maximum Gasteiger partial charge on any atom is 0.225 e. The molecule has 2 unspecified atom stereocenters. The average Bonchev–Trinajstić information content (AvgIpc) is 2.69. The van der Waals surface area contributed by atoms with E-state index in [9.17, 15) is 4.79 Å². The molecule has 0 bridgehead atoms. The molecule has 3 N–H and O–H groups in total. The van der Waals surface area contributed by atoms with Crippen molar-refractivity contribution in [2.45, 2.75) is 33.4 Å². The van der Waals surface area contributed by atoms with Crippen molar-refractivity contribution in [3.63, 3.8) is 0 Å². The minimum absolute atomic E-state index is 0.0767. The van der Waals surface area contributed by atoms with Crippen LogP contribution in [0.2, 0.25) is 0 Å². The number of aryl methyl sites for hydroxylation is 1. The zero-order chi connectivity index (χ0) is 19.6. The zero-order valence-electron chi connectivity index (χ0n) is 16.4. The highest BCUT2D eigenvalue weighted by molar-refractivity contribution is 5.79. The third-order valence-corrected chi connectivity index (χ3v) is 4.50. The highest BCUT2D eigenvalue weighted by Crippen LogP contribution is 2.22. The Morgan fingerprint density at radius 2 is 1.89 bits per heavy atom. The van der Waals surface area contributed by atoms with Gasteiger partial charge in [0.2, 0.25) is 5.91 Å². The van der Waals surface area contributed by atoms with Gasteiger partial charge in [0.1, 0.15) is 12.4 Å². The van der Waals surface area contributed by atoms with Crippen molar-refractivity contribution in [3.8, 4) is 5.75 Å². The van der Waals surface area contributed by atoms with Crippen LogP contribution in [0.3, 0.4) is 0 Å². The molecule has 146 valence electrons. The lowest BCUT2D eigenvalue weighted by atomic mass is 9.94. The Balaban J connectivity index is 1.95. The van der Waals surface area contributed by atoms with Gasteiger partial charge in [0, 0.05) is 24.8 Å². The normalized spacial score (nSPS) is 13.0. The number of rotatable bonds is 10. The summed E-state index contributed by atoms with van der Waals surface area (Å²) in [4.78, 5) is 12.6. The summed E-state index contributed by atoms with van der Waals surface area (Å²) in [5, 5.41) is 2.98. The summed E-state index contributed by atoms with van der Waals surface area (Å²) in [6.07, 6.45) is 0. The third-order valence-electron chi connectivity index (χ3n) is 4.50. The third kappa shape index (κ3) is 6.38. The molecule has 2 aromatic rings. The lowest BCUT2D eigenvalue weighted by Gasteiger charge is -2.20. The fourth-order valence-corrected chi connectivity index (χ4v) is 2.77. The molecular formula is C22H30N2O3. The van der Waals surface area contributed by atoms with Crippen LogP contribution in [0.5, 0.6) is 5.75 Å². The van der Waals surface area contributed by atoms with Crippen LogP contribution < -0.4 is 15.8 Å². The number of nitrogens with one attached hydrogen (secondary N) is 1. The topological polar surface area (TPSA) is 73.6 Å². The number of hydrogen-bond acceptors (Lipinski definition) is 4. The second-order valence-corrected chi connectivity index (χ2v) is 6.60. The number of hydrogen-bond donors (Lipinski definition) is 2. The molecule has 0 saturated heterocycles. The number of benzene rings is 2. The largest absolute Gasteiger partial charge is 0.491 e. The molecule has 0 aliphatic heterocycles. The molecule has 0 fully saturated rings. The summed E-state index contributed by atoms with van der Waals surface area (Å²) in [5.41, 5.74) is 9.25. The highest BCUT2D eigenvalue weighted by Gasteiger charge is 2.22. The average molecular weight is 370 g/mol. The molecule has 0 heterocycles. The number of amides is 1. The van der Waals surface area contributed by atoms with E-state index in [4.69, 9.17) is 15.2 Å². The molecule has 0 aromatic heterocycles. The van der Waals surface area contributed by atoms with Crippen molar-refractivity contribution in [2.24, 2.45) is 11.7 Å². The van der Waals surface area contributed by atoms with Crippen LogP contribution in [0.4, 0.5) is 0 Å². The Morgan fingerprint density at radius 1 is 1.15 bits per heavy atom. The number of carbonyl (C=O) groups excluding carboxylic acids is 1. The van der Waals surface area contributed by atoms with Crippen molar-refractivity contribution >= 4 is 5.91 Å². The first-order valence-electron chi connectivity index (χ1n) is 9.41. The van der Waals surface area contributed by atoms with E-state index in [1.54, 1.807) is 0 Å². The van der Waals surface area contributed by atoms with E-state index in [0.29, 0.717) is 26.4 Å². The summed E-state index contributed by atoms with van der Waals surface area (Å²) in [5.74, 6) is 0.363. The summed E-state index contributed by atoms with van der Waals surface area (Å²) >= 11 is 0. The van der Waals surface area contributed by atoms with E-state index in [2.05, 4.69) is 5.32 Å². The first-order valence-corrected chi connectivity index (χ1v) is 9.41. The molecule has 0 spiro atoms. The maximum atomic E-state index is 12.6. The lowest BCUT2D eigenvalue weighted by Crippen LogP contribution is -2.35. The van der Waals surface area contributed by atoms with Gasteiger partial charge >= 0.3 is 0 Å². The van der Waals surface area contributed by atoms with E-state index in [-0.39, 0.29) is 17.9 Å². The maximum absolute atomic E-state index is 12.6. The molecular weight excluding hydrogens is 340 g/mol. The molecule has 0 saturated carbocycles. The molecule has 5 heteroatoms. The number of nitrogens with two attached hydrogens (primary N) is 1. The molecule has 2 aromatic carbocycles. The van der Waals surface area contributed by atoms with Gasteiger partial charge in [-0.05, 0) is 31.0 Å². The Labute approximate surface area is 161 Å². The van der Waals surface area contributed by atoms with Gasteiger partial charge in [-0.25, -0.2) is 0 Å². The van der Waals surface area contributed by atoms with Gasteiger partial charge in [0.15, 0.2) is 0 Å². The fourth-order valence-electron chi connectivity index (χ4n) is 2.77. The molecule has 5 nitrogen and oxygen atoms in total. The summed E-state index contributed by atoms with van der Waals surface area (Å²) in [6, 6.07) is 15.3. The predicted octanol–water partition coefficient (Wildman–Crippen LogP) is 3.36. The van der Waals surface area contributed by atoms with Crippen LogP contribution in [0.1, 0.15) is 36.6 Å². The lowest BCUT2D eigenvalue weighted by molar-refractivity contribution is -0.125. The summed E-state index contributed by atoms with van der Waals surface area (Å²) < 4.78 is 11.1. The molecule has 2 atom stereocenters. The predicted molar refractivity (Wildman–Crippen MR) is 108 cm³/mol. The number of carbonyl (C=O) groups is 1. The minimum atomic E-state index is -0.342. The summed E-state index contributed by atoms with van der Waals surface area (Å²) in [7, 11) is 0. The van der Waals surface area contributed by atoms with Gasteiger partial charge in [0.25, 0.3) is 0 Å². The van der Waals surface area contributed by atoms with Gasteiger partial charge in [-0.3, -0.25) is 4.79 Å². The van der Waals surface area contributed by atoms with Gasteiger partial charge in [0.05, 0.1) is 12.5 Å². The van der Waals surface area contributed by atoms with Gasteiger partial charge in [-0.15, -0.1) is 0 Å². The highest BCUT2D eigenvalue weighted by atomic mass is 16.5. The Morgan fingerprint density at radius 3 is 2.59 bits per heavy atom. The van der Waals surface area contributed by atoms with Gasteiger partial charge in [-0.1, -0.05) is 49.4 Å². The van der Waals surface area contributed by atoms with Crippen molar-refractivity contribution < 1.29 is 14.3 Å². The molecule has 0 radical (unpaired) electrons. The molecule has 2 rings (SSSR count). The fraction of sp³-hybridized carbons (Fsp3) is 0.409. The monoisotopic (exact) mass is 370 g/mol. The minimum Gasteiger partial charge on any atom is -0.491 e. The van der Waals surface area contributed by atoms with Crippen molar-refractivity contribution in [1.29, 1.82) is 0 Å². The number of ether oxygens (including phenoxy) is 2. The second kappa shape index (κ2) is 10.7.